The van der Waals surface area contributed by atoms with Crippen molar-refractivity contribution >= 4 is 5.69 Å². The Morgan fingerprint density at radius 3 is 2.79 bits per heavy atom. The highest BCUT2D eigenvalue weighted by atomic mass is 19.1. The number of halogens is 1. The van der Waals surface area contributed by atoms with E-state index in [-0.39, 0.29) is 5.82 Å². The van der Waals surface area contributed by atoms with Gasteiger partial charge in [-0.15, -0.1) is 0 Å². The summed E-state index contributed by atoms with van der Waals surface area (Å²) in [6.45, 7) is 6.05. The number of benzene rings is 1. The summed E-state index contributed by atoms with van der Waals surface area (Å²) in [5.41, 5.74) is 1.83. The monoisotopic (exact) mass is 264 g/mol. The van der Waals surface area contributed by atoms with E-state index >= 15 is 0 Å². The van der Waals surface area contributed by atoms with E-state index in [0.717, 1.165) is 30.8 Å². The molecule has 0 amide bonds. The molecule has 0 aliphatic heterocycles. The maximum Gasteiger partial charge on any atom is 0.146 e. The summed E-state index contributed by atoms with van der Waals surface area (Å²) < 4.78 is 14.1. The minimum atomic E-state index is -0.110. The van der Waals surface area contributed by atoms with Gasteiger partial charge in [0, 0.05) is 26.2 Å². The first-order valence-electron chi connectivity index (χ1n) is 7.33. The molecule has 106 valence electrons. The molecular weight excluding hydrogens is 239 g/mol. The Morgan fingerprint density at radius 1 is 1.42 bits per heavy atom. The SMILES string of the molecule is CCC(C)CN(C)c1c(F)cccc1CNC1CC1. The van der Waals surface area contributed by atoms with Crippen LogP contribution < -0.4 is 10.2 Å². The van der Waals surface area contributed by atoms with E-state index in [2.05, 4.69) is 24.1 Å². The lowest BCUT2D eigenvalue weighted by Crippen LogP contribution is -2.27. The highest BCUT2D eigenvalue weighted by Crippen LogP contribution is 2.26. The van der Waals surface area contributed by atoms with E-state index in [0.29, 0.717) is 12.0 Å². The smallest absolute Gasteiger partial charge is 0.146 e. The maximum atomic E-state index is 14.1. The number of hydrogen-bond donors (Lipinski definition) is 1. The van der Waals surface area contributed by atoms with Gasteiger partial charge in [0.05, 0.1) is 5.69 Å². The fraction of sp³-hybridized carbons (Fsp3) is 0.625. The quantitative estimate of drug-likeness (QED) is 0.810. The minimum absolute atomic E-state index is 0.110. The molecule has 1 unspecified atom stereocenters. The van der Waals surface area contributed by atoms with Crippen molar-refractivity contribution in [1.29, 1.82) is 0 Å². The van der Waals surface area contributed by atoms with Crippen molar-refractivity contribution in [2.24, 2.45) is 5.92 Å². The van der Waals surface area contributed by atoms with E-state index < -0.39 is 0 Å². The molecule has 1 atom stereocenters. The molecule has 19 heavy (non-hydrogen) atoms. The van der Waals surface area contributed by atoms with E-state index in [1.807, 2.05) is 13.1 Å². The Balaban J connectivity index is 2.10. The summed E-state index contributed by atoms with van der Waals surface area (Å²) in [7, 11) is 1.99. The summed E-state index contributed by atoms with van der Waals surface area (Å²) >= 11 is 0. The molecule has 0 radical (unpaired) electrons. The number of nitrogens with zero attached hydrogens (tertiary/aromatic N) is 1. The summed E-state index contributed by atoms with van der Waals surface area (Å²) in [6.07, 6.45) is 3.63. The van der Waals surface area contributed by atoms with Crippen molar-refractivity contribution < 1.29 is 4.39 Å². The molecule has 0 aromatic heterocycles. The third-order valence-corrected chi connectivity index (χ3v) is 3.89. The van der Waals surface area contributed by atoms with Crippen LogP contribution in [-0.4, -0.2) is 19.6 Å². The Hall–Kier alpha value is -1.09. The summed E-state index contributed by atoms with van der Waals surface area (Å²) in [5.74, 6) is 0.467. The molecule has 2 rings (SSSR count). The Labute approximate surface area is 116 Å². The number of hydrogen-bond acceptors (Lipinski definition) is 2. The van der Waals surface area contributed by atoms with Gasteiger partial charge in [0.1, 0.15) is 5.82 Å². The van der Waals surface area contributed by atoms with Gasteiger partial charge in [-0.3, -0.25) is 0 Å². The normalized spacial score (nSPS) is 16.4. The number of nitrogens with one attached hydrogen (secondary N) is 1. The van der Waals surface area contributed by atoms with Crippen LogP contribution in [0.1, 0.15) is 38.7 Å². The second-order valence-corrected chi connectivity index (χ2v) is 5.80. The molecular formula is C16H25FN2. The first-order chi connectivity index (χ1) is 9.11. The van der Waals surface area contributed by atoms with Crippen LogP contribution in [0.2, 0.25) is 0 Å². The Kier molecular flexibility index (Phi) is 4.81. The van der Waals surface area contributed by atoms with E-state index in [4.69, 9.17) is 0 Å². The van der Waals surface area contributed by atoms with Gasteiger partial charge in [0.25, 0.3) is 0 Å². The average molecular weight is 264 g/mol. The third-order valence-electron chi connectivity index (χ3n) is 3.89. The largest absolute Gasteiger partial charge is 0.372 e. The third kappa shape index (κ3) is 3.93. The van der Waals surface area contributed by atoms with Gasteiger partial charge in [-0.2, -0.15) is 0 Å². The predicted molar refractivity (Wildman–Crippen MR) is 79.0 cm³/mol. The van der Waals surface area contributed by atoms with Crippen LogP contribution in [0.4, 0.5) is 10.1 Å². The molecule has 0 heterocycles. The number of rotatable bonds is 7. The Bertz CT molecular complexity index is 415. The van der Waals surface area contributed by atoms with E-state index in [1.54, 1.807) is 12.1 Å². The van der Waals surface area contributed by atoms with Gasteiger partial charge in [0.2, 0.25) is 0 Å². The molecule has 1 saturated carbocycles. The van der Waals surface area contributed by atoms with Gasteiger partial charge < -0.3 is 10.2 Å². The van der Waals surface area contributed by atoms with Crippen LogP contribution in [-0.2, 0) is 6.54 Å². The van der Waals surface area contributed by atoms with Crippen molar-refractivity contribution in [2.75, 3.05) is 18.5 Å². The van der Waals surface area contributed by atoms with Crippen LogP contribution >= 0.6 is 0 Å². The highest BCUT2D eigenvalue weighted by molar-refractivity contribution is 5.54. The zero-order valence-electron chi connectivity index (χ0n) is 12.2. The molecule has 1 aliphatic rings. The molecule has 1 aromatic carbocycles. The molecule has 0 spiro atoms. The van der Waals surface area contributed by atoms with Gasteiger partial charge in [-0.25, -0.2) is 4.39 Å². The summed E-state index contributed by atoms with van der Waals surface area (Å²) in [6, 6.07) is 6.04. The topological polar surface area (TPSA) is 15.3 Å². The molecule has 1 fully saturated rings. The zero-order chi connectivity index (χ0) is 13.8. The predicted octanol–water partition coefficient (Wildman–Crippen LogP) is 3.56. The second kappa shape index (κ2) is 6.38. The minimum Gasteiger partial charge on any atom is -0.372 e. The molecule has 1 aromatic rings. The molecule has 3 heteroatoms. The first kappa shape index (κ1) is 14.3. The van der Waals surface area contributed by atoms with E-state index in [1.165, 1.54) is 12.8 Å². The zero-order valence-corrected chi connectivity index (χ0v) is 12.2. The molecule has 0 bridgehead atoms. The lowest BCUT2D eigenvalue weighted by atomic mass is 10.1. The lowest BCUT2D eigenvalue weighted by molar-refractivity contribution is 0.547. The standard InChI is InChI=1S/C16H25FN2/c1-4-12(2)11-19(3)16-13(6-5-7-15(16)17)10-18-14-8-9-14/h5-7,12,14,18H,4,8-11H2,1-3H3. The molecule has 2 nitrogen and oxygen atoms in total. The van der Waals surface area contributed by atoms with Gasteiger partial charge in [0.15, 0.2) is 0 Å². The van der Waals surface area contributed by atoms with Gasteiger partial charge >= 0.3 is 0 Å². The Morgan fingerprint density at radius 2 is 2.16 bits per heavy atom. The van der Waals surface area contributed by atoms with Crippen molar-refractivity contribution in [1.82, 2.24) is 5.32 Å². The van der Waals surface area contributed by atoms with Crippen LogP contribution in [0.15, 0.2) is 18.2 Å². The van der Waals surface area contributed by atoms with Crippen molar-refractivity contribution in [3.63, 3.8) is 0 Å². The lowest BCUT2D eigenvalue weighted by Gasteiger charge is -2.26. The fourth-order valence-corrected chi connectivity index (χ4v) is 2.36. The van der Waals surface area contributed by atoms with Crippen LogP contribution in [0, 0.1) is 11.7 Å². The highest BCUT2D eigenvalue weighted by Gasteiger charge is 2.21. The maximum absolute atomic E-state index is 14.1. The van der Waals surface area contributed by atoms with Crippen molar-refractivity contribution in [3.05, 3.63) is 29.6 Å². The fourth-order valence-electron chi connectivity index (χ4n) is 2.36. The number of para-hydroxylation sites is 1. The van der Waals surface area contributed by atoms with Gasteiger partial charge in [-0.05, 0) is 30.4 Å². The van der Waals surface area contributed by atoms with Crippen LogP contribution in [0.3, 0.4) is 0 Å². The summed E-state index contributed by atoms with van der Waals surface area (Å²) in [4.78, 5) is 2.06. The molecule has 0 saturated heterocycles. The van der Waals surface area contributed by atoms with Crippen LogP contribution in [0.5, 0.6) is 0 Å². The van der Waals surface area contributed by atoms with E-state index in [9.17, 15) is 4.39 Å². The first-order valence-corrected chi connectivity index (χ1v) is 7.33. The van der Waals surface area contributed by atoms with Crippen LogP contribution in [0.25, 0.3) is 0 Å². The molecule has 1 aliphatic carbocycles. The second-order valence-electron chi connectivity index (χ2n) is 5.80. The van der Waals surface area contributed by atoms with Crippen molar-refractivity contribution in [2.45, 2.75) is 45.7 Å². The number of anilines is 1. The molecule has 1 N–H and O–H groups in total. The van der Waals surface area contributed by atoms with Crippen molar-refractivity contribution in [3.8, 4) is 0 Å². The summed E-state index contributed by atoms with van der Waals surface area (Å²) in [5, 5.41) is 3.47. The average Bonchev–Trinajstić information content (AvgIpc) is 3.19. The van der Waals surface area contributed by atoms with Gasteiger partial charge in [-0.1, -0.05) is 32.4 Å².